The Balaban J connectivity index is 2.46. The molecule has 0 aliphatic carbocycles. The average molecular weight is 190 g/mol. The van der Waals surface area contributed by atoms with Crippen LogP contribution in [0.25, 0.3) is 10.9 Å². The van der Waals surface area contributed by atoms with Crippen molar-refractivity contribution >= 4 is 10.9 Å². The van der Waals surface area contributed by atoms with Gasteiger partial charge in [0.05, 0.1) is 5.52 Å². The maximum absolute atomic E-state index is 10.0. The molecule has 5 nitrogen and oxygen atoms in total. The van der Waals surface area contributed by atoms with Crippen LogP contribution in [0.5, 0.6) is 5.88 Å². The molecule has 0 saturated heterocycles. The zero-order chi connectivity index (χ0) is 9.97. The van der Waals surface area contributed by atoms with Crippen LogP contribution in [0, 0.1) is 10.1 Å². The Morgan fingerprint density at radius 3 is 2.79 bits per heavy atom. The number of para-hydroxylation sites is 1. The zero-order valence-corrected chi connectivity index (χ0v) is 7.08. The zero-order valence-electron chi connectivity index (χ0n) is 7.08. The number of benzene rings is 1. The number of fused-ring (bicyclic) bond motifs is 1. The quantitative estimate of drug-likeness (QED) is 0.535. The molecule has 0 radical (unpaired) electrons. The monoisotopic (exact) mass is 190 g/mol. The van der Waals surface area contributed by atoms with Crippen LogP contribution in [0.15, 0.2) is 36.4 Å². The molecule has 0 spiro atoms. The van der Waals surface area contributed by atoms with Crippen LogP contribution in [0.1, 0.15) is 0 Å². The topological polar surface area (TPSA) is 65.3 Å². The summed E-state index contributed by atoms with van der Waals surface area (Å²) in [7, 11) is 0. The summed E-state index contributed by atoms with van der Waals surface area (Å²) in [5, 5.41) is 10.1. The van der Waals surface area contributed by atoms with Gasteiger partial charge in [-0.15, -0.1) is 10.1 Å². The van der Waals surface area contributed by atoms with Crippen molar-refractivity contribution in [2.24, 2.45) is 0 Å². The van der Waals surface area contributed by atoms with Crippen molar-refractivity contribution in [2.75, 3.05) is 0 Å². The second kappa shape index (κ2) is 3.29. The summed E-state index contributed by atoms with van der Waals surface area (Å²) >= 11 is 0. The first-order valence-electron chi connectivity index (χ1n) is 3.94. The molecule has 0 aliphatic rings. The molecule has 0 aliphatic heterocycles. The van der Waals surface area contributed by atoms with Crippen molar-refractivity contribution in [1.82, 2.24) is 4.98 Å². The summed E-state index contributed by atoms with van der Waals surface area (Å²) in [4.78, 5) is 18.2. The van der Waals surface area contributed by atoms with E-state index in [0.717, 1.165) is 5.39 Å². The van der Waals surface area contributed by atoms with Gasteiger partial charge in [0.1, 0.15) is 0 Å². The second-order valence-corrected chi connectivity index (χ2v) is 2.66. The summed E-state index contributed by atoms with van der Waals surface area (Å²) in [6.07, 6.45) is 0. The van der Waals surface area contributed by atoms with E-state index in [1.807, 2.05) is 18.2 Å². The Hall–Kier alpha value is -2.17. The van der Waals surface area contributed by atoms with Crippen LogP contribution in [-0.4, -0.2) is 10.1 Å². The molecule has 1 aromatic heterocycles. The van der Waals surface area contributed by atoms with Crippen LogP contribution in [0.3, 0.4) is 0 Å². The molecule has 1 aromatic carbocycles. The van der Waals surface area contributed by atoms with E-state index in [9.17, 15) is 10.1 Å². The third-order valence-electron chi connectivity index (χ3n) is 1.74. The van der Waals surface area contributed by atoms with Gasteiger partial charge in [0.25, 0.3) is 0 Å². The molecule has 2 rings (SSSR count). The Bertz CT molecular complexity index is 484. The lowest BCUT2D eigenvalue weighted by Gasteiger charge is -1.99. The number of rotatable bonds is 2. The Labute approximate surface area is 79.1 Å². The minimum Gasteiger partial charge on any atom is -0.256 e. The lowest BCUT2D eigenvalue weighted by molar-refractivity contribution is -0.712. The molecule has 5 heteroatoms. The first kappa shape index (κ1) is 8.43. The fraction of sp³-hybridized carbons (Fsp3) is 0. The van der Waals surface area contributed by atoms with Crippen molar-refractivity contribution in [3.8, 4) is 5.88 Å². The van der Waals surface area contributed by atoms with Gasteiger partial charge in [-0.3, -0.25) is 4.84 Å². The number of nitrogens with zero attached hydrogens (tertiary/aromatic N) is 2. The van der Waals surface area contributed by atoms with E-state index in [2.05, 4.69) is 9.82 Å². The SMILES string of the molecule is O=[N+]([O-])Oc1ccc2ccccc2n1. The first-order chi connectivity index (χ1) is 6.75. The fourth-order valence-electron chi connectivity index (χ4n) is 1.17. The molecule has 14 heavy (non-hydrogen) atoms. The molecule has 1 heterocycles. The van der Waals surface area contributed by atoms with Crippen LogP contribution < -0.4 is 4.84 Å². The molecule has 0 amide bonds. The maximum Gasteiger partial charge on any atom is 0.301 e. The van der Waals surface area contributed by atoms with Gasteiger partial charge in [-0.05, 0) is 18.2 Å². The molecular weight excluding hydrogens is 184 g/mol. The Kier molecular flexibility index (Phi) is 1.98. The van der Waals surface area contributed by atoms with Gasteiger partial charge in [-0.25, -0.2) is 4.98 Å². The first-order valence-corrected chi connectivity index (χ1v) is 3.94. The average Bonchev–Trinajstić information content (AvgIpc) is 2.17. The summed E-state index contributed by atoms with van der Waals surface area (Å²) in [5.74, 6) is -0.00583. The third-order valence-corrected chi connectivity index (χ3v) is 1.74. The highest BCUT2D eigenvalue weighted by molar-refractivity contribution is 5.78. The summed E-state index contributed by atoms with van der Waals surface area (Å²) in [5.41, 5.74) is 0.673. The van der Waals surface area contributed by atoms with E-state index in [4.69, 9.17) is 0 Å². The van der Waals surface area contributed by atoms with E-state index >= 15 is 0 Å². The summed E-state index contributed by atoms with van der Waals surface area (Å²) in [6.45, 7) is 0. The highest BCUT2D eigenvalue weighted by Gasteiger charge is 2.01. The van der Waals surface area contributed by atoms with E-state index in [0.29, 0.717) is 5.52 Å². The van der Waals surface area contributed by atoms with E-state index in [1.54, 1.807) is 12.1 Å². The second-order valence-electron chi connectivity index (χ2n) is 2.66. The van der Waals surface area contributed by atoms with Crippen LogP contribution >= 0.6 is 0 Å². The van der Waals surface area contributed by atoms with Gasteiger partial charge in [0, 0.05) is 5.39 Å². The smallest absolute Gasteiger partial charge is 0.256 e. The van der Waals surface area contributed by atoms with Gasteiger partial charge < -0.3 is 0 Å². The molecule has 0 fully saturated rings. The highest BCUT2D eigenvalue weighted by atomic mass is 17.0. The number of aromatic nitrogens is 1. The van der Waals surface area contributed by atoms with Gasteiger partial charge in [0.2, 0.25) is 5.88 Å². The van der Waals surface area contributed by atoms with Crippen molar-refractivity contribution in [3.05, 3.63) is 46.5 Å². The largest absolute Gasteiger partial charge is 0.301 e. The fourth-order valence-corrected chi connectivity index (χ4v) is 1.17. The van der Waals surface area contributed by atoms with Crippen molar-refractivity contribution < 1.29 is 9.92 Å². The normalized spacial score (nSPS) is 10.0. The van der Waals surface area contributed by atoms with Crippen LogP contribution in [0.4, 0.5) is 0 Å². The molecule has 0 unspecified atom stereocenters. The van der Waals surface area contributed by atoms with Gasteiger partial charge in [-0.2, -0.15) is 0 Å². The minimum atomic E-state index is -0.878. The van der Waals surface area contributed by atoms with Gasteiger partial charge in [0.15, 0.2) is 0 Å². The highest BCUT2D eigenvalue weighted by Crippen LogP contribution is 2.15. The molecule has 0 N–H and O–H groups in total. The maximum atomic E-state index is 10.0. The van der Waals surface area contributed by atoms with Crippen LogP contribution in [-0.2, 0) is 0 Å². The third kappa shape index (κ3) is 1.61. The lowest BCUT2D eigenvalue weighted by Crippen LogP contribution is -2.04. The number of pyridine rings is 1. The van der Waals surface area contributed by atoms with Crippen molar-refractivity contribution in [3.63, 3.8) is 0 Å². The van der Waals surface area contributed by atoms with Crippen molar-refractivity contribution in [2.45, 2.75) is 0 Å². The molecule has 0 atom stereocenters. The predicted octanol–water partition coefficient (Wildman–Crippen LogP) is 1.81. The van der Waals surface area contributed by atoms with Gasteiger partial charge in [-0.1, -0.05) is 18.2 Å². The minimum absolute atomic E-state index is 0.00583. The summed E-state index contributed by atoms with van der Waals surface area (Å²) in [6, 6.07) is 10.5. The Morgan fingerprint density at radius 1 is 1.21 bits per heavy atom. The molecule has 0 saturated carbocycles. The molecule has 0 bridgehead atoms. The van der Waals surface area contributed by atoms with E-state index in [-0.39, 0.29) is 5.88 Å². The molecule has 70 valence electrons. The van der Waals surface area contributed by atoms with Crippen LogP contribution in [0.2, 0.25) is 0 Å². The number of hydrogen-bond donors (Lipinski definition) is 0. The Morgan fingerprint density at radius 2 is 2.00 bits per heavy atom. The van der Waals surface area contributed by atoms with E-state index in [1.165, 1.54) is 6.07 Å². The standard InChI is InChI=1S/C9H6N2O3/c12-11(13)14-9-6-5-7-3-1-2-4-8(7)10-9/h1-6H. The molecule has 2 aromatic rings. The predicted molar refractivity (Wildman–Crippen MR) is 49.4 cm³/mol. The summed E-state index contributed by atoms with van der Waals surface area (Å²) < 4.78 is 0. The van der Waals surface area contributed by atoms with Crippen molar-refractivity contribution in [1.29, 1.82) is 0 Å². The molecular formula is C9H6N2O3. The number of hydrogen-bond acceptors (Lipinski definition) is 4. The van der Waals surface area contributed by atoms with Gasteiger partial charge >= 0.3 is 5.09 Å². The van der Waals surface area contributed by atoms with E-state index < -0.39 is 5.09 Å². The lowest BCUT2D eigenvalue weighted by atomic mass is 10.2.